The van der Waals surface area contributed by atoms with Gasteiger partial charge in [-0.25, -0.2) is 0 Å². The maximum atomic E-state index is 6.12. The molecule has 1 aliphatic heterocycles. The topological polar surface area (TPSA) is 24.4 Å². The van der Waals surface area contributed by atoms with Crippen molar-refractivity contribution in [3.63, 3.8) is 0 Å². The predicted molar refractivity (Wildman–Crippen MR) is 95.7 cm³/mol. The molecule has 0 amide bonds. The molecule has 1 aliphatic rings. The van der Waals surface area contributed by atoms with Crippen LogP contribution in [0.4, 0.5) is 5.69 Å². The van der Waals surface area contributed by atoms with Crippen molar-refractivity contribution in [2.24, 2.45) is 5.10 Å². The Morgan fingerprint density at radius 2 is 2.00 bits per heavy atom. The van der Waals surface area contributed by atoms with Gasteiger partial charge in [0.15, 0.2) is 0 Å². The lowest BCUT2D eigenvalue weighted by atomic mass is 10.1. The van der Waals surface area contributed by atoms with Crippen LogP contribution in [-0.4, -0.2) is 11.0 Å². The summed E-state index contributed by atoms with van der Waals surface area (Å²) in [6.07, 6.45) is 0.932. The molecule has 0 spiro atoms. The zero-order valence-electron chi connectivity index (χ0n) is 11.4. The van der Waals surface area contributed by atoms with Gasteiger partial charge in [0.1, 0.15) is 0 Å². The average molecular weight is 382 g/mol. The number of hydrazone groups is 1. The Balaban J connectivity index is 1.89. The molecule has 2 aromatic rings. The summed E-state index contributed by atoms with van der Waals surface area (Å²) in [5.41, 5.74) is 6.30. The normalized spacial score (nSPS) is 19.4. The van der Waals surface area contributed by atoms with E-state index < -0.39 is 0 Å². The molecule has 1 heterocycles. The molecule has 0 saturated carbocycles. The Hall–Kier alpha value is -0.970. The second kappa shape index (κ2) is 6.42. The second-order valence-corrected chi connectivity index (χ2v) is 7.78. The van der Waals surface area contributed by atoms with Crippen molar-refractivity contribution < 1.29 is 0 Å². The number of rotatable bonds is 2. The summed E-state index contributed by atoms with van der Waals surface area (Å²) in [7, 11) is 0. The van der Waals surface area contributed by atoms with Gasteiger partial charge in [0, 0.05) is 31.6 Å². The van der Waals surface area contributed by atoms with Gasteiger partial charge in [0.25, 0.3) is 0 Å². The van der Waals surface area contributed by atoms with Crippen molar-refractivity contribution in [2.75, 3.05) is 5.43 Å². The van der Waals surface area contributed by atoms with Gasteiger partial charge >= 0.3 is 0 Å². The van der Waals surface area contributed by atoms with E-state index in [1.165, 1.54) is 4.90 Å². The molecule has 5 heteroatoms. The number of fused-ring (bicyclic) bond motifs is 1. The highest BCUT2D eigenvalue weighted by molar-refractivity contribution is 9.10. The minimum Gasteiger partial charge on any atom is -0.278 e. The van der Waals surface area contributed by atoms with Crippen LogP contribution in [0.5, 0.6) is 0 Å². The Kier molecular flexibility index (Phi) is 4.57. The molecule has 3 rings (SSSR count). The van der Waals surface area contributed by atoms with Crippen molar-refractivity contribution in [3.05, 3.63) is 57.5 Å². The zero-order valence-corrected chi connectivity index (χ0v) is 14.6. The smallest absolute Gasteiger partial charge is 0.0702 e. The minimum atomic E-state index is 0.518. The predicted octanol–water partition coefficient (Wildman–Crippen LogP) is 5.80. The minimum absolute atomic E-state index is 0.518. The number of hydrogen-bond acceptors (Lipinski definition) is 3. The fourth-order valence-corrected chi connectivity index (χ4v) is 3.79. The lowest BCUT2D eigenvalue weighted by Gasteiger charge is -2.22. The number of thioether (sulfide) groups is 1. The van der Waals surface area contributed by atoms with E-state index in [2.05, 4.69) is 39.4 Å². The van der Waals surface area contributed by atoms with E-state index >= 15 is 0 Å². The molecule has 1 atom stereocenters. The van der Waals surface area contributed by atoms with Gasteiger partial charge in [-0.2, -0.15) is 5.10 Å². The van der Waals surface area contributed by atoms with Crippen LogP contribution in [0.25, 0.3) is 0 Å². The highest BCUT2D eigenvalue weighted by Gasteiger charge is 2.21. The third kappa shape index (κ3) is 3.62. The fourth-order valence-electron chi connectivity index (χ4n) is 2.23. The van der Waals surface area contributed by atoms with Crippen molar-refractivity contribution in [1.29, 1.82) is 0 Å². The van der Waals surface area contributed by atoms with E-state index in [4.69, 9.17) is 11.6 Å². The molecule has 0 bridgehead atoms. The number of nitrogens with one attached hydrogen (secondary N) is 1. The quantitative estimate of drug-likeness (QED) is 0.664. The first-order valence-corrected chi connectivity index (χ1v) is 8.71. The third-order valence-corrected chi connectivity index (χ3v) is 5.17. The summed E-state index contributed by atoms with van der Waals surface area (Å²) in [6.45, 7) is 2.22. The lowest BCUT2D eigenvalue weighted by Crippen LogP contribution is -2.17. The van der Waals surface area contributed by atoms with Crippen LogP contribution in [0.1, 0.15) is 18.9 Å². The molecule has 0 unspecified atom stereocenters. The average Bonchev–Trinajstić information content (AvgIpc) is 2.47. The van der Waals surface area contributed by atoms with Crippen LogP contribution in [0.2, 0.25) is 5.02 Å². The highest BCUT2D eigenvalue weighted by atomic mass is 79.9. The Bertz CT molecular complexity index is 685. The van der Waals surface area contributed by atoms with Gasteiger partial charge in [-0.05, 0) is 42.5 Å². The fraction of sp³-hybridized carbons (Fsp3) is 0.188. The first-order valence-electron chi connectivity index (χ1n) is 6.66. The van der Waals surface area contributed by atoms with E-state index in [0.29, 0.717) is 5.25 Å². The number of benzene rings is 2. The maximum absolute atomic E-state index is 6.12. The summed E-state index contributed by atoms with van der Waals surface area (Å²) < 4.78 is 1.06. The van der Waals surface area contributed by atoms with Crippen LogP contribution >= 0.6 is 39.3 Å². The van der Waals surface area contributed by atoms with Crippen LogP contribution in [-0.2, 0) is 0 Å². The number of hydrogen-bond donors (Lipinski definition) is 1. The summed E-state index contributed by atoms with van der Waals surface area (Å²) >= 11 is 11.4. The SMILES string of the molecule is C[C@@H]1C/C(=N/Nc2ccc(Br)cc2)c2cc(Cl)ccc2S1. The molecular formula is C16H14BrClN2S. The molecule has 108 valence electrons. The first-order chi connectivity index (χ1) is 10.1. The maximum Gasteiger partial charge on any atom is 0.0702 e. The number of anilines is 1. The molecule has 0 radical (unpaired) electrons. The van der Waals surface area contributed by atoms with Crippen molar-refractivity contribution >= 4 is 50.7 Å². The van der Waals surface area contributed by atoms with Gasteiger partial charge in [-0.1, -0.05) is 34.5 Å². The number of halogens is 2. The largest absolute Gasteiger partial charge is 0.278 e. The Morgan fingerprint density at radius 1 is 1.24 bits per heavy atom. The van der Waals surface area contributed by atoms with Crippen LogP contribution in [0.15, 0.2) is 56.9 Å². The standard InChI is InChI=1S/C16H14BrClN2S/c1-10-8-15(14-9-12(18)4-7-16(14)21-10)20-19-13-5-2-11(17)3-6-13/h2-7,9-10,19H,8H2,1H3/b20-15-/t10-/m1/s1. The van der Waals surface area contributed by atoms with Gasteiger partial charge in [0.05, 0.1) is 11.4 Å². The monoisotopic (exact) mass is 380 g/mol. The van der Waals surface area contributed by atoms with E-state index in [1.54, 1.807) is 0 Å². The van der Waals surface area contributed by atoms with Gasteiger partial charge < -0.3 is 0 Å². The highest BCUT2D eigenvalue weighted by Crippen LogP contribution is 2.36. The number of nitrogens with zero attached hydrogens (tertiary/aromatic N) is 1. The second-order valence-electron chi connectivity index (χ2n) is 4.95. The van der Waals surface area contributed by atoms with Gasteiger partial charge in [-0.3, -0.25) is 5.43 Å². The van der Waals surface area contributed by atoms with Crippen LogP contribution in [0.3, 0.4) is 0 Å². The summed E-state index contributed by atoms with van der Waals surface area (Å²) in [5, 5.41) is 5.86. The molecule has 2 aromatic carbocycles. The molecule has 0 saturated heterocycles. The summed E-state index contributed by atoms with van der Waals surface area (Å²) in [6, 6.07) is 14.0. The Labute approximate surface area is 142 Å². The molecular weight excluding hydrogens is 368 g/mol. The molecule has 0 aromatic heterocycles. The van der Waals surface area contributed by atoms with Crippen LogP contribution < -0.4 is 5.43 Å². The molecule has 0 fully saturated rings. The van der Waals surface area contributed by atoms with Gasteiger partial charge in [0.2, 0.25) is 0 Å². The van der Waals surface area contributed by atoms with E-state index in [9.17, 15) is 0 Å². The first kappa shape index (κ1) is 14.9. The van der Waals surface area contributed by atoms with Crippen molar-refractivity contribution in [1.82, 2.24) is 0 Å². The molecule has 2 nitrogen and oxygen atoms in total. The van der Waals surface area contributed by atoms with Crippen molar-refractivity contribution in [3.8, 4) is 0 Å². The van der Waals surface area contributed by atoms with E-state index in [-0.39, 0.29) is 0 Å². The third-order valence-electron chi connectivity index (χ3n) is 3.23. The molecule has 21 heavy (non-hydrogen) atoms. The zero-order chi connectivity index (χ0) is 14.8. The molecule has 1 N–H and O–H groups in total. The summed E-state index contributed by atoms with van der Waals surface area (Å²) in [5.74, 6) is 0. The van der Waals surface area contributed by atoms with E-state index in [0.717, 1.165) is 32.9 Å². The van der Waals surface area contributed by atoms with E-state index in [1.807, 2.05) is 48.2 Å². The van der Waals surface area contributed by atoms with Gasteiger partial charge in [-0.15, -0.1) is 11.8 Å². The Morgan fingerprint density at radius 3 is 2.76 bits per heavy atom. The summed E-state index contributed by atoms with van der Waals surface area (Å²) in [4.78, 5) is 1.24. The lowest BCUT2D eigenvalue weighted by molar-refractivity contribution is 0.988. The molecule has 0 aliphatic carbocycles. The van der Waals surface area contributed by atoms with Crippen LogP contribution in [0, 0.1) is 0 Å². The van der Waals surface area contributed by atoms with Crippen molar-refractivity contribution in [2.45, 2.75) is 23.5 Å².